The molecular weight excluding hydrogens is 224 g/mol. The highest BCUT2D eigenvalue weighted by Crippen LogP contribution is 2.35. The molecule has 1 aromatic rings. The molecule has 5 heteroatoms. The van der Waals surface area contributed by atoms with Crippen molar-refractivity contribution in [3.8, 4) is 0 Å². The number of hydrogen-bond donors (Lipinski definition) is 1. The van der Waals surface area contributed by atoms with Gasteiger partial charge in [-0.15, -0.1) is 11.8 Å². The van der Waals surface area contributed by atoms with Crippen LogP contribution in [0.15, 0.2) is 24.3 Å². The van der Waals surface area contributed by atoms with Crippen LogP contribution in [0.3, 0.4) is 0 Å². The minimum Gasteiger partial charge on any atom is -0.301 e. The Kier molecular flexibility index (Phi) is 3.46. The van der Waals surface area contributed by atoms with Crippen molar-refractivity contribution < 1.29 is 4.92 Å². The van der Waals surface area contributed by atoms with E-state index in [1.807, 2.05) is 12.1 Å². The van der Waals surface area contributed by atoms with Crippen molar-refractivity contribution in [2.75, 3.05) is 12.3 Å². The van der Waals surface area contributed by atoms with Crippen LogP contribution < -0.4 is 5.32 Å². The summed E-state index contributed by atoms with van der Waals surface area (Å²) in [5.41, 5.74) is 0.992. The first-order chi connectivity index (χ1) is 7.68. The molecule has 0 saturated carbocycles. The Labute approximate surface area is 98.6 Å². The third-order valence-corrected chi connectivity index (χ3v) is 4.13. The molecule has 16 heavy (non-hydrogen) atoms. The predicted molar refractivity (Wildman–Crippen MR) is 65.5 cm³/mol. The highest BCUT2D eigenvalue weighted by Gasteiger charge is 2.25. The Hall–Kier alpha value is -1.07. The lowest BCUT2D eigenvalue weighted by molar-refractivity contribution is -0.385. The van der Waals surface area contributed by atoms with E-state index >= 15 is 0 Å². The number of para-hydroxylation sites is 1. The van der Waals surface area contributed by atoms with Crippen LogP contribution in [-0.2, 0) is 0 Å². The van der Waals surface area contributed by atoms with E-state index in [4.69, 9.17) is 0 Å². The molecule has 2 atom stereocenters. The van der Waals surface area contributed by atoms with E-state index in [-0.39, 0.29) is 16.0 Å². The van der Waals surface area contributed by atoms with Crippen LogP contribution in [0, 0.1) is 16.0 Å². The van der Waals surface area contributed by atoms with Gasteiger partial charge in [-0.1, -0.05) is 19.1 Å². The zero-order chi connectivity index (χ0) is 11.5. The molecular formula is C11H14N2O2S. The maximum absolute atomic E-state index is 10.9. The minimum atomic E-state index is -0.310. The van der Waals surface area contributed by atoms with E-state index in [9.17, 15) is 10.1 Å². The molecule has 0 aliphatic carbocycles. The van der Waals surface area contributed by atoms with E-state index in [0.29, 0.717) is 5.92 Å². The van der Waals surface area contributed by atoms with Gasteiger partial charge in [0.05, 0.1) is 15.9 Å². The van der Waals surface area contributed by atoms with E-state index in [2.05, 4.69) is 12.2 Å². The summed E-state index contributed by atoms with van der Waals surface area (Å²) in [7, 11) is 0. The summed E-state index contributed by atoms with van der Waals surface area (Å²) >= 11 is 1.74. The van der Waals surface area contributed by atoms with Gasteiger partial charge in [-0.3, -0.25) is 10.1 Å². The van der Waals surface area contributed by atoms with Crippen molar-refractivity contribution in [2.45, 2.75) is 12.3 Å². The number of nitro benzene ring substituents is 1. The van der Waals surface area contributed by atoms with Crippen LogP contribution in [0.1, 0.15) is 17.9 Å². The minimum absolute atomic E-state index is 0.0535. The van der Waals surface area contributed by atoms with Gasteiger partial charge in [-0.25, -0.2) is 0 Å². The topological polar surface area (TPSA) is 55.2 Å². The summed E-state index contributed by atoms with van der Waals surface area (Å²) in [6.07, 6.45) is 0. The van der Waals surface area contributed by atoms with Crippen LogP contribution >= 0.6 is 11.8 Å². The summed E-state index contributed by atoms with van der Waals surface area (Å²) < 4.78 is 0. The third kappa shape index (κ3) is 2.36. The number of thioether (sulfide) groups is 1. The first-order valence-electron chi connectivity index (χ1n) is 5.27. The second-order valence-electron chi connectivity index (χ2n) is 4.04. The van der Waals surface area contributed by atoms with Gasteiger partial charge in [-0.05, 0) is 24.3 Å². The van der Waals surface area contributed by atoms with Gasteiger partial charge in [0.2, 0.25) is 0 Å². The lowest BCUT2D eigenvalue weighted by Gasteiger charge is -2.27. The smallest absolute Gasteiger partial charge is 0.275 e. The van der Waals surface area contributed by atoms with Gasteiger partial charge in [0.1, 0.15) is 0 Å². The summed E-state index contributed by atoms with van der Waals surface area (Å²) in [5.74, 6) is 1.67. The Bertz CT molecular complexity index is 389. The molecule has 1 aliphatic rings. The molecule has 1 aliphatic heterocycles. The molecule has 0 radical (unpaired) electrons. The lowest BCUT2D eigenvalue weighted by atomic mass is 10.1. The zero-order valence-electron chi connectivity index (χ0n) is 9.05. The first kappa shape index (κ1) is 11.4. The maximum atomic E-state index is 10.9. The lowest BCUT2D eigenvalue weighted by Crippen LogP contribution is -2.31. The van der Waals surface area contributed by atoms with Gasteiger partial charge in [0.15, 0.2) is 0 Å². The predicted octanol–water partition coefficient (Wildman–Crippen LogP) is 2.57. The van der Waals surface area contributed by atoms with E-state index < -0.39 is 0 Å². The fourth-order valence-corrected chi connectivity index (χ4v) is 2.99. The molecule has 0 bridgehead atoms. The second kappa shape index (κ2) is 4.84. The summed E-state index contributed by atoms with van der Waals surface area (Å²) in [5, 5.41) is 14.3. The van der Waals surface area contributed by atoms with Gasteiger partial charge in [0, 0.05) is 6.07 Å². The number of nitrogens with zero attached hydrogens (tertiary/aromatic N) is 1. The quantitative estimate of drug-likeness (QED) is 0.635. The van der Waals surface area contributed by atoms with Crippen molar-refractivity contribution in [3.05, 3.63) is 39.9 Å². The molecule has 0 spiro atoms. The summed E-state index contributed by atoms with van der Waals surface area (Å²) in [4.78, 5) is 10.6. The monoisotopic (exact) mass is 238 g/mol. The number of rotatable bonds is 2. The molecule has 4 nitrogen and oxygen atoms in total. The van der Waals surface area contributed by atoms with Gasteiger partial charge in [0.25, 0.3) is 5.69 Å². The third-order valence-electron chi connectivity index (χ3n) is 2.62. The SMILES string of the molecule is CC1CNC(c2ccccc2[N+](=O)[O-])SC1. The Morgan fingerprint density at radius 2 is 2.25 bits per heavy atom. The largest absolute Gasteiger partial charge is 0.301 e. The molecule has 1 fully saturated rings. The normalized spacial score (nSPS) is 25.3. The molecule has 0 amide bonds. The summed E-state index contributed by atoms with van der Waals surface area (Å²) in [6, 6.07) is 6.95. The van der Waals surface area contributed by atoms with Crippen LogP contribution in [0.2, 0.25) is 0 Å². The highest BCUT2D eigenvalue weighted by atomic mass is 32.2. The van der Waals surface area contributed by atoms with Crippen LogP contribution in [-0.4, -0.2) is 17.2 Å². The molecule has 2 unspecified atom stereocenters. The van der Waals surface area contributed by atoms with Gasteiger partial charge < -0.3 is 5.32 Å². The van der Waals surface area contributed by atoms with Crippen molar-refractivity contribution >= 4 is 17.4 Å². The average Bonchev–Trinajstić information content (AvgIpc) is 2.30. The molecule has 1 heterocycles. The fraction of sp³-hybridized carbons (Fsp3) is 0.455. The number of benzene rings is 1. The van der Waals surface area contributed by atoms with Crippen LogP contribution in [0.25, 0.3) is 0 Å². The van der Waals surface area contributed by atoms with Crippen molar-refractivity contribution in [1.29, 1.82) is 0 Å². The van der Waals surface area contributed by atoms with Crippen LogP contribution in [0.5, 0.6) is 0 Å². The van der Waals surface area contributed by atoms with Crippen molar-refractivity contribution in [1.82, 2.24) is 5.32 Å². The van der Waals surface area contributed by atoms with Gasteiger partial charge >= 0.3 is 0 Å². The molecule has 1 saturated heterocycles. The number of nitro groups is 1. The maximum Gasteiger partial charge on any atom is 0.275 e. The molecule has 86 valence electrons. The second-order valence-corrected chi connectivity index (χ2v) is 5.18. The fourth-order valence-electron chi connectivity index (χ4n) is 1.76. The van der Waals surface area contributed by atoms with Crippen molar-refractivity contribution in [3.63, 3.8) is 0 Å². The van der Waals surface area contributed by atoms with Crippen molar-refractivity contribution in [2.24, 2.45) is 5.92 Å². The molecule has 1 aromatic carbocycles. The van der Waals surface area contributed by atoms with Crippen LogP contribution in [0.4, 0.5) is 5.69 Å². The number of nitrogens with one attached hydrogen (secondary N) is 1. The Morgan fingerprint density at radius 3 is 2.88 bits per heavy atom. The standard InChI is InChI=1S/C11H14N2O2S/c1-8-6-12-11(16-7-8)9-4-2-3-5-10(9)13(14)15/h2-5,8,11-12H,6-7H2,1H3. The average molecular weight is 238 g/mol. The molecule has 1 N–H and O–H groups in total. The van der Waals surface area contributed by atoms with E-state index in [0.717, 1.165) is 17.9 Å². The van der Waals surface area contributed by atoms with Gasteiger partial charge in [-0.2, -0.15) is 0 Å². The molecule has 0 aromatic heterocycles. The van der Waals surface area contributed by atoms with E-state index in [1.165, 1.54) is 0 Å². The molecule has 2 rings (SSSR count). The number of hydrogen-bond acceptors (Lipinski definition) is 4. The first-order valence-corrected chi connectivity index (χ1v) is 6.31. The van der Waals surface area contributed by atoms with E-state index in [1.54, 1.807) is 23.9 Å². The Balaban J connectivity index is 2.23. The summed E-state index contributed by atoms with van der Waals surface area (Å²) in [6.45, 7) is 3.10. The highest BCUT2D eigenvalue weighted by molar-refractivity contribution is 7.99. The zero-order valence-corrected chi connectivity index (χ0v) is 9.87. The Morgan fingerprint density at radius 1 is 1.50 bits per heavy atom.